The van der Waals surface area contributed by atoms with Gasteiger partial charge in [0, 0.05) is 21.7 Å². The third-order valence-corrected chi connectivity index (χ3v) is 8.40. The molecule has 0 N–H and O–H groups in total. The second kappa shape index (κ2) is 7.26. The molecule has 4 rings (SSSR count). The fourth-order valence-corrected chi connectivity index (χ4v) is 7.00. The van der Waals surface area contributed by atoms with Gasteiger partial charge in [-0.1, -0.05) is 50.6 Å². The molecule has 0 spiro atoms. The van der Waals surface area contributed by atoms with Gasteiger partial charge >= 0.3 is 0 Å². The zero-order valence-electron chi connectivity index (χ0n) is 15.6. The van der Waals surface area contributed by atoms with Crippen molar-refractivity contribution < 1.29 is 9.53 Å². The lowest BCUT2D eigenvalue weighted by Gasteiger charge is -2.43. The molecule has 1 aliphatic rings. The van der Waals surface area contributed by atoms with Gasteiger partial charge in [-0.2, -0.15) is 0 Å². The number of rotatable bonds is 3. The average molecular weight is 448 g/mol. The molecule has 0 fully saturated rings. The van der Waals surface area contributed by atoms with Crippen LogP contribution in [-0.4, -0.2) is 12.5 Å². The molecule has 0 atom stereocenters. The number of amides is 1. The van der Waals surface area contributed by atoms with Crippen molar-refractivity contribution in [3.8, 4) is 16.9 Å². The Morgan fingerprint density at radius 2 is 1.89 bits per heavy atom. The Morgan fingerprint density at radius 1 is 1.18 bits per heavy atom. The molecule has 0 bridgehead atoms. The van der Waals surface area contributed by atoms with E-state index in [0.29, 0.717) is 17.2 Å². The number of ether oxygens (including phenoxy) is 1. The van der Waals surface area contributed by atoms with Gasteiger partial charge in [-0.25, -0.2) is 0 Å². The molecular weight excluding hydrogens is 430 g/mol. The summed E-state index contributed by atoms with van der Waals surface area (Å²) in [7, 11) is 3.22. The lowest BCUT2D eigenvalue weighted by molar-refractivity contribution is 0.0961. The highest BCUT2D eigenvalue weighted by Gasteiger charge is 2.43. The van der Waals surface area contributed by atoms with E-state index in [1.807, 2.05) is 42.2 Å². The highest BCUT2D eigenvalue weighted by atomic mass is 35.5. The summed E-state index contributed by atoms with van der Waals surface area (Å²) in [6, 6.07) is 12.9. The second-order valence-corrected chi connectivity index (χ2v) is 10.2. The van der Waals surface area contributed by atoms with E-state index in [1.54, 1.807) is 32.8 Å². The maximum Gasteiger partial charge on any atom is 0.259 e. The Hall–Kier alpha value is -1.73. The standard InChI is InChI=1S/C21H18ClNO2S3/c1-4-25-14-8-5-12(6-9-14)19(24)23-16-11-13(22)7-10-15(16)17-18(21(23,2)3)27-28-20(17)26/h5-11H,4H2,1-3H3. The Balaban J connectivity index is 1.87. The van der Waals surface area contributed by atoms with Crippen molar-refractivity contribution in [1.29, 1.82) is 0 Å². The monoisotopic (exact) mass is 447 g/mol. The zero-order chi connectivity index (χ0) is 20.1. The molecule has 0 aliphatic carbocycles. The van der Waals surface area contributed by atoms with Crippen LogP contribution in [0.25, 0.3) is 11.1 Å². The van der Waals surface area contributed by atoms with Crippen molar-refractivity contribution in [2.24, 2.45) is 0 Å². The summed E-state index contributed by atoms with van der Waals surface area (Å²) in [6.07, 6.45) is 0. The van der Waals surface area contributed by atoms with Crippen LogP contribution in [0.1, 0.15) is 36.0 Å². The lowest BCUT2D eigenvalue weighted by Crippen LogP contribution is -2.47. The van der Waals surface area contributed by atoms with Gasteiger partial charge in [-0.15, -0.1) is 0 Å². The van der Waals surface area contributed by atoms with Gasteiger partial charge in [-0.05, 0) is 57.2 Å². The number of benzene rings is 2. The first-order chi connectivity index (χ1) is 13.3. The van der Waals surface area contributed by atoms with E-state index < -0.39 is 5.54 Å². The third-order valence-electron chi connectivity index (χ3n) is 4.83. The molecule has 0 radical (unpaired) electrons. The predicted octanol–water partition coefficient (Wildman–Crippen LogP) is 7.15. The number of hydrogen-bond acceptors (Lipinski definition) is 5. The maximum absolute atomic E-state index is 13.6. The van der Waals surface area contributed by atoms with Gasteiger partial charge in [0.1, 0.15) is 9.57 Å². The van der Waals surface area contributed by atoms with Crippen LogP contribution in [0.4, 0.5) is 5.69 Å². The number of carbonyl (C=O) groups is 1. The van der Waals surface area contributed by atoms with Crippen LogP contribution in [0, 0.1) is 3.82 Å². The van der Waals surface area contributed by atoms with E-state index in [0.717, 1.165) is 31.3 Å². The molecule has 0 unspecified atom stereocenters. The summed E-state index contributed by atoms with van der Waals surface area (Å²) in [4.78, 5) is 16.5. The number of carbonyl (C=O) groups excluding carboxylic acids is 1. The van der Waals surface area contributed by atoms with Crippen molar-refractivity contribution in [1.82, 2.24) is 0 Å². The fraction of sp³-hybridized carbons (Fsp3) is 0.238. The van der Waals surface area contributed by atoms with E-state index in [9.17, 15) is 4.79 Å². The summed E-state index contributed by atoms with van der Waals surface area (Å²) in [6.45, 7) is 6.63. The minimum atomic E-state index is -0.541. The van der Waals surface area contributed by atoms with Gasteiger partial charge in [0.25, 0.3) is 5.91 Å². The topological polar surface area (TPSA) is 29.5 Å². The summed E-state index contributed by atoms with van der Waals surface area (Å²) < 4.78 is 6.35. The van der Waals surface area contributed by atoms with Crippen LogP contribution in [-0.2, 0) is 5.54 Å². The maximum atomic E-state index is 13.6. The highest BCUT2D eigenvalue weighted by molar-refractivity contribution is 7.80. The molecule has 28 heavy (non-hydrogen) atoms. The fourth-order valence-electron chi connectivity index (χ4n) is 3.55. The number of fused-ring (bicyclic) bond motifs is 3. The first-order valence-electron chi connectivity index (χ1n) is 8.85. The third kappa shape index (κ3) is 3.08. The average Bonchev–Trinajstić information content (AvgIpc) is 3.05. The molecule has 7 heteroatoms. The van der Waals surface area contributed by atoms with Crippen LogP contribution in [0.15, 0.2) is 42.5 Å². The van der Waals surface area contributed by atoms with E-state index in [4.69, 9.17) is 28.6 Å². The van der Waals surface area contributed by atoms with E-state index >= 15 is 0 Å². The molecule has 144 valence electrons. The molecule has 1 aromatic heterocycles. The predicted molar refractivity (Wildman–Crippen MR) is 121 cm³/mol. The van der Waals surface area contributed by atoms with Crippen molar-refractivity contribution in [3.05, 3.63) is 61.8 Å². The molecule has 3 aromatic rings. The van der Waals surface area contributed by atoms with Crippen molar-refractivity contribution >= 4 is 56.1 Å². The van der Waals surface area contributed by atoms with Crippen molar-refractivity contribution in [3.63, 3.8) is 0 Å². The van der Waals surface area contributed by atoms with Gasteiger partial charge < -0.3 is 4.74 Å². The van der Waals surface area contributed by atoms with Crippen LogP contribution < -0.4 is 9.64 Å². The first kappa shape index (κ1) is 19.6. The van der Waals surface area contributed by atoms with Gasteiger partial charge in [0.15, 0.2) is 0 Å². The molecule has 1 amide bonds. The highest BCUT2D eigenvalue weighted by Crippen LogP contribution is 2.52. The number of hydrogen-bond donors (Lipinski definition) is 0. The zero-order valence-corrected chi connectivity index (χ0v) is 18.8. The molecule has 3 nitrogen and oxygen atoms in total. The van der Waals surface area contributed by atoms with Crippen LogP contribution in [0.2, 0.25) is 5.02 Å². The number of halogens is 1. The van der Waals surface area contributed by atoms with E-state index in [1.165, 1.54) is 0 Å². The molecule has 0 saturated carbocycles. The van der Waals surface area contributed by atoms with Gasteiger partial charge in [0.2, 0.25) is 0 Å². The van der Waals surface area contributed by atoms with Crippen LogP contribution in [0.5, 0.6) is 5.75 Å². The Kier molecular flexibility index (Phi) is 5.08. The second-order valence-electron chi connectivity index (χ2n) is 6.98. The SMILES string of the molecule is CCOc1ccc(C(=O)N2c3cc(Cl)ccc3-c3c(ssc3=S)C2(C)C)cc1. The van der Waals surface area contributed by atoms with Crippen molar-refractivity contribution in [2.75, 3.05) is 11.5 Å². The van der Waals surface area contributed by atoms with Gasteiger partial charge in [0.05, 0.1) is 22.7 Å². The van der Waals surface area contributed by atoms with Gasteiger partial charge in [-0.3, -0.25) is 9.69 Å². The minimum Gasteiger partial charge on any atom is -0.494 e. The quantitative estimate of drug-likeness (QED) is 0.315. The normalized spacial score (nSPS) is 14.4. The first-order valence-corrected chi connectivity index (χ1v) is 11.8. The Bertz CT molecular complexity index is 1120. The Morgan fingerprint density at radius 3 is 2.57 bits per heavy atom. The minimum absolute atomic E-state index is 0.0773. The lowest BCUT2D eigenvalue weighted by atomic mass is 9.87. The number of nitrogens with zero attached hydrogens (tertiary/aromatic N) is 1. The molecular formula is C21H18ClNO2S3. The summed E-state index contributed by atoms with van der Waals surface area (Å²) in [5.74, 6) is 0.671. The molecule has 0 saturated heterocycles. The Labute approximate surface area is 181 Å². The summed E-state index contributed by atoms with van der Waals surface area (Å²) >= 11 is 11.9. The van der Waals surface area contributed by atoms with Crippen molar-refractivity contribution in [2.45, 2.75) is 26.3 Å². The summed E-state index contributed by atoms with van der Waals surface area (Å²) in [5.41, 5.74) is 2.87. The number of anilines is 1. The van der Waals surface area contributed by atoms with Crippen LogP contribution >= 0.6 is 44.5 Å². The largest absolute Gasteiger partial charge is 0.494 e. The van der Waals surface area contributed by atoms with E-state index in [2.05, 4.69) is 13.8 Å². The summed E-state index contributed by atoms with van der Waals surface area (Å²) in [5, 5.41) is 0.590. The molecule has 2 heterocycles. The van der Waals surface area contributed by atoms with Crippen LogP contribution in [0.3, 0.4) is 0 Å². The molecule has 1 aliphatic heterocycles. The van der Waals surface area contributed by atoms with E-state index in [-0.39, 0.29) is 5.91 Å². The molecule has 2 aromatic carbocycles. The smallest absolute Gasteiger partial charge is 0.259 e.